The second kappa shape index (κ2) is 3.04. The van der Waals surface area contributed by atoms with Gasteiger partial charge in [0.2, 0.25) is 0 Å². The van der Waals surface area contributed by atoms with Crippen molar-refractivity contribution in [3.05, 3.63) is 34.1 Å². The fourth-order valence-corrected chi connectivity index (χ4v) is 2.36. The van der Waals surface area contributed by atoms with Gasteiger partial charge in [-0.3, -0.25) is 0 Å². The average molecular weight is 258 g/mol. The van der Waals surface area contributed by atoms with Crippen molar-refractivity contribution in [2.45, 2.75) is 25.8 Å². The van der Waals surface area contributed by atoms with Crippen molar-refractivity contribution in [2.75, 3.05) is 0 Å². The highest BCUT2D eigenvalue weighted by atomic mass is 79.9. The normalized spacial score (nSPS) is 28.9. The standard InChI is InChI=1S/C11H13BrFN/c1-11(2)9(10(11)14)7-4-3-6(12)5-8(7)13/h3-5,9-10H,14H2,1-2H3/t9-,10-/m0/s1. The molecule has 0 spiro atoms. The van der Waals surface area contributed by atoms with E-state index in [0.717, 1.165) is 10.0 Å². The summed E-state index contributed by atoms with van der Waals surface area (Å²) in [6.45, 7) is 4.15. The Labute approximate surface area is 91.6 Å². The van der Waals surface area contributed by atoms with Gasteiger partial charge in [-0.1, -0.05) is 35.8 Å². The summed E-state index contributed by atoms with van der Waals surface area (Å²) < 4.78 is 14.3. The van der Waals surface area contributed by atoms with Crippen LogP contribution in [-0.4, -0.2) is 6.04 Å². The summed E-state index contributed by atoms with van der Waals surface area (Å²) in [5.41, 5.74) is 6.68. The second-order valence-electron chi connectivity index (χ2n) is 4.49. The van der Waals surface area contributed by atoms with E-state index < -0.39 is 0 Å². The van der Waals surface area contributed by atoms with Crippen molar-refractivity contribution in [2.24, 2.45) is 11.1 Å². The molecule has 1 aliphatic rings. The van der Waals surface area contributed by atoms with Crippen LogP contribution in [0.3, 0.4) is 0 Å². The number of nitrogens with two attached hydrogens (primary N) is 1. The van der Waals surface area contributed by atoms with Crippen molar-refractivity contribution in [1.29, 1.82) is 0 Å². The molecule has 0 aliphatic heterocycles. The van der Waals surface area contributed by atoms with Crippen LogP contribution in [0.1, 0.15) is 25.3 Å². The molecule has 2 atom stereocenters. The monoisotopic (exact) mass is 257 g/mol. The summed E-state index contributed by atoms with van der Waals surface area (Å²) in [4.78, 5) is 0. The van der Waals surface area contributed by atoms with Gasteiger partial charge in [-0.15, -0.1) is 0 Å². The van der Waals surface area contributed by atoms with Gasteiger partial charge in [-0.25, -0.2) is 4.39 Å². The first-order valence-electron chi connectivity index (χ1n) is 4.65. The lowest BCUT2D eigenvalue weighted by Crippen LogP contribution is -2.06. The SMILES string of the molecule is CC1(C)[C@@H](N)[C@@H]1c1ccc(Br)cc1F. The summed E-state index contributed by atoms with van der Waals surface area (Å²) in [6, 6.07) is 5.26. The van der Waals surface area contributed by atoms with Crippen LogP contribution in [-0.2, 0) is 0 Å². The third kappa shape index (κ3) is 1.39. The van der Waals surface area contributed by atoms with Crippen LogP contribution in [0.15, 0.2) is 22.7 Å². The Bertz CT molecular complexity index is 376. The number of hydrogen-bond donors (Lipinski definition) is 1. The first-order valence-corrected chi connectivity index (χ1v) is 5.44. The molecular weight excluding hydrogens is 245 g/mol. The zero-order valence-corrected chi connectivity index (χ0v) is 9.81. The van der Waals surface area contributed by atoms with Gasteiger partial charge in [0.05, 0.1) is 0 Å². The van der Waals surface area contributed by atoms with Crippen molar-refractivity contribution in [3.63, 3.8) is 0 Å². The van der Waals surface area contributed by atoms with Crippen molar-refractivity contribution in [1.82, 2.24) is 0 Å². The molecule has 1 aliphatic carbocycles. The maximum absolute atomic E-state index is 13.6. The molecule has 1 aromatic carbocycles. The van der Waals surface area contributed by atoms with Crippen LogP contribution in [0.5, 0.6) is 0 Å². The molecule has 0 aromatic heterocycles. The predicted octanol–water partition coefficient (Wildman–Crippen LogP) is 3.04. The molecule has 0 radical (unpaired) electrons. The molecule has 0 unspecified atom stereocenters. The third-order valence-corrected chi connectivity index (χ3v) is 3.70. The van der Waals surface area contributed by atoms with Gasteiger partial charge in [-0.2, -0.15) is 0 Å². The summed E-state index contributed by atoms with van der Waals surface area (Å²) in [6.07, 6.45) is 0. The van der Waals surface area contributed by atoms with Crippen molar-refractivity contribution in [3.8, 4) is 0 Å². The average Bonchev–Trinajstić information content (AvgIpc) is 2.54. The van der Waals surface area contributed by atoms with E-state index in [1.165, 1.54) is 6.07 Å². The van der Waals surface area contributed by atoms with Crippen LogP contribution in [0.2, 0.25) is 0 Å². The Morgan fingerprint density at radius 2 is 2.00 bits per heavy atom. The number of benzene rings is 1. The van der Waals surface area contributed by atoms with Crippen LogP contribution in [0.25, 0.3) is 0 Å². The van der Waals surface area contributed by atoms with Gasteiger partial charge in [0, 0.05) is 16.4 Å². The lowest BCUT2D eigenvalue weighted by Gasteiger charge is -2.04. The minimum atomic E-state index is -0.162. The number of halogens is 2. The number of rotatable bonds is 1. The van der Waals surface area contributed by atoms with Gasteiger partial charge in [0.25, 0.3) is 0 Å². The molecule has 1 nitrogen and oxygen atoms in total. The van der Waals surface area contributed by atoms with Gasteiger partial charge in [0.1, 0.15) is 5.82 Å². The minimum Gasteiger partial charge on any atom is -0.327 e. The highest BCUT2D eigenvalue weighted by Crippen LogP contribution is 2.57. The maximum atomic E-state index is 13.6. The molecule has 1 aromatic rings. The molecule has 0 amide bonds. The Kier molecular flexibility index (Phi) is 2.20. The van der Waals surface area contributed by atoms with Crippen LogP contribution in [0, 0.1) is 11.2 Å². The minimum absolute atomic E-state index is 0.0364. The summed E-state index contributed by atoms with van der Waals surface area (Å²) in [5.74, 6) is 0.000926. The van der Waals surface area contributed by atoms with Crippen molar-refractivity contribution < 1.29 is 4.39 Å². The third-order valence-electron chi connectivity index (χ3n) is 3.21. The molecule has 2 rings (SSSR count). The predicted molar refractivity (Wildman–Crippen MR) is 58.6 cm³/mol. The van der Waals surface area contributed by atoms with E-state index in [1.54, 1.807) is 0 Å². The molecule has 2 N–H and O–H groups in total. The highest BCUT2D eigenvalue weighted by Gasteiger charge is 2.56. The Hall–Kier alpha value is -0.410. The quantitative estimate of drug-likeness (QED) is 0.823. The van der Waals surface area contributed by atoms with E-state index in [2.05, 4.69) is 29.8 Å². The largest absolute Gasteiger partial charge is 0.327 e. The second-order valence-corrected chi connectivity index (χ2v) is 5.41. The van der Waals surface area contributed by atoms with Crippen molar-refractivity contribution >= 4 is 15.9 Å². The van der Waals surface area contributed by atoms with Crippen LogP contribution >= 0.6 is 15.9 Å². The lowest BCUT2D eigenvalue weighted by molar-refractivity contribution is 0.571. The fraction of sp³-hybridized carbons (Fsp3) is 0.455. The molecular formula is C11H13BrFN. The Morgan fingerprint density at radius 1 is 1.43 bits per heavy atom. The van der Waals surface area contributed by atoms with E-state index in [9.17, 15) is 4.39 Å². The van der Waals surface area contributed by atoms with Crippen LogP contribution in [0.4, 0.5) is 4.39 Å². The van der Waals surface area contributed by atoms with Gasteiger partial charge in [-0.05, 0) is 23.1 Å². The van der Waals surface area contributed by atoms with Gasteiger partial charge >= 0.3 is 0 Å². The molecule has 1 fully saturated rings. The number of hydrogen-bond acceptors (Lipinski definition) is 1. The highest BCUT2D eigenvalue weighted by molar-refractivity contribution is 9.10. The first-order chi connectivity index (χ1) is 6.44. The van der Waals surface area contributed by atoms with E-state index in [4.69, 9.17) is 5.73 Å². The first kappa shape index (κ1) is 10.1. The molecule has 0 heterocycles. The molecule has 76 valence electrons. The van der Waals surface area contributed by atoms with Crippen LogP contribution < -0.4 is 5.73 Å². The Balaban J connectivity index is 2.36. The zero-order valence-electron chi connectivity index (χ0n) is 8.22. The van der Waals surface area contributed by atoms with Gasteiger partial charge < -0.3 is 5.73 Å². The summed E-state index contributed by atoms with van der Waals surface area (Å²) in [5, 5.41) is 0. The van der Waals surface area contributed by atoms with E-state index >= 15 is 0 Å². The van der Waals surface area contributed by atoms with Gasteiger partial charge in [0.15, 0.2) is 0 Å². The summed E-state index contributed by atoms with van der Waals surface area (Å²) in [7, 11) is 0. The molecule has 0 bridgehead atoms. The maximum Gasteiger partial charge on any atom is 0.127 e. The van der Waals surface area contributed by atoms with E-state index in [-0.39, 0.29) is 23.2 Å². The summed E-state index contributed by atoms with van der Waals surface area (Å²) >= 11 is 3.24. The Morgan fingerprint density at radius 3 is 2.43 bits per heavy atom. The van der Waals surface area contributed by atoms with E-state index in [0.29, 0.717) is 0 Å². The zero-order chi connectivity index (χ0) is 10.5. The molecule has 14 heavy (non-hydrogen) atoms. The fourth-order valence-electron chi connectivity index (χ4n) is 2.03. The van der Waals surface area contributed by atoms with E-state index in [1.807, 2.05) is 12.1 Å². The smallest absolute Gasteiger partial charge is 0.127 e. The molecule has 3 heteroatoms. The molecule has 0 saturated heterocycles. The topological polar surface area (TPSA) is 26.0 Å². The lowest BCUT2D eigenvalue weighted by atomic mass is 10.0. The molecule has 1 saturated carbocycles.